The van der Waals surface area contributed by atoms with Crippen LogP contribution in [-0.4, -0.2) is 24.0 Å². The first-order valence-electron chi connectivity index (χ1n) is 7.54. The molecule has 0 fully saturated rings. The topological polar surface area (TPSA) is 90.4 Å². The molecule has 24 heavy (non-hydrogen) atoms. The maximum Gasteiger partial charge on any atom is 0.241 e. The number of oxazole rings is 1. The molecule has 0 aliphatic carbocycles. The first-order valence-corrected chi connectivity index (χ1v) is 7.54. The van der Waals surface area contributed by atoms with Crippen LogP contribution in [0.15, 0.2) is 29.1 Å². The van der Waals surface area contributed by atoms with Gasteiger partial charge in [0, 0.05) is 6.07 Å². The van der Waals surface area contributed by atoms with Crippen molar-refractivity contribution >= 4 is 11.6 Å². The van der Waals surface area contributed by atoms with Gasteiger partial charge in [-0.05, 0) is 17.9 Å². The Balaban J connectivity index is 2.24. The SMILES string of the molecule is COc1cc(NC(=O)[C@H](N)CC(C)(C)C)c(F)cc1-c1cnco1. The molecule has 0 saturated heterocycles. The Morgan fingerprint density at radius 1 is 1.46 bits per heavy atom. The van der Waals surface area contributed by atoms with Crippen molar-refractivity contribution in [1.29, 1.82) is 0 Å². The Kier molecular flexibility index (Phi) is 5.23. The fourth-order valence-corrected chi connectivity index (χ4v) is 2.34. The summed E-state index contributed by atoms with van der Waals surface area (Å²) in [5.41, 5.74) is 6.19. The van der Waals surface area contributed by atoms with Gasteiger partial charge in [-0.2, -0.15) is 0 Å². The monoisotopic (exact) mass is 335 g/mol. The van der Waals surface area contributed by atoms with Gasteiger partial charge in [-0.25, -0.2) is 9.37 Å². The molecule has 130 valence electrons. The predicted octanol–water partition coefficient (Wildman–Crippen LogP) is 3.19. The van der Waals surface area contributed by atoms with E-state index in [0.29, 0.717) is 23.5 Å². The smallest absolute Gasteiger partial charge is 0.241 e. The van der Waals surface area contributed by atoms with Crippen LogP contribution >= 0.6 is 0 Å². The van der Waals surface area contributed by atoms with Gasteiger partial charge in [0.05, 0.1) is 30.6 Å². The summed E-state index contributed by atoms with van der Waals surface area (Å²) >= 11 is 0. The summed E-state index contributed by atoms with van der Waals surface area (Å²) in [6, 6.07) is 1.89. The van der Waals surface area contributed by atoms with Crippen LogP contribution in [0.3, 0.4) is 0 Å². The third kappa shape index (κ3) is 4.32. The molecule has 2 aromatic rings. The lowest BCUT2D eigenvalue weighted by Crippen LogP contribution is -2.38. The molecular weight excluding hydrogens is 313 g/mol. The fourth-order valence-electron chi connectivity index (χ4n) is 2.34. The molecule has 6 nitrogen and oxygen atoms in total. The van der Waals surface area contributed by atoms with E-state index >= 15 is 0 Å². The van der Waals surface area contributed by atoms with Gasteiger partial charge in [-0.3, -0.25) is 4.79 Å². The van der Waals surface area contributed by atoms with Crippen LogP contribution in [0.2, 0.25) is 0 Å². The average molecular weight is 335 g/mol. The van der Waals surface area contributed by atoms with Crippen LogP contribution in [0, 0.1) is 11.2 Å². The maximum absolute atomic E-state index is 14.3. The van der Waals surface area contributed by atoms with Gasteiger partial charge in [-0.1, -0.05) is 20.8 Å². The van der Waals surface area contributed by atoms with E-state index in [1.54, 1.807) is 0 Å². The highest BCUT2D eigenvalue weighted by Crippen LogP contribution is 2.34. The van der Waals surface area contributed by atoms with Crippen molar-refractivity contribution in [2.75, 3.05) is 12.4 Å². The van der Waals surface area contributed by atoms with E-state index in [2.05, 4.69) is 10.3 Å². The Bertz CT molecular complexity index is 709. The number of ether oxygens (including phenoxy) is 1. The van der Waals surface area contributed by atoms with Crippen molar-refractivity contribution in [3.05, 3.63) is 30.5 Å². The molecule has 3 N–H and O–H groups in total. The summed E-state index contributed by atoms with van der Waals surface area (Å²) in [6.45, 7) is 5.95. The van der Waals surface area contributed by atoms with Crippen molar-refractivity contribution in [2.24, 2.45) is 11.1 Å². The number of nitrogens with zero attached hydrogens (tertiary/aromatic N) is 1. The van der Waals surface area contributed by atoms with Crippen molar-refractivity contribution in [2.45, 2.75) is 33.2 Å². The summed E-state index contributed by atoms with van der Waals surface area (Å²) in [6.07, 6.45) is 3.18. The van der Waals surface area contributed by atoms with Crippen molar-refractivity contribution in [1.82, 2.24) is 4.98 Å². The van der Waals surface area contributed by atoms with E-state index in [1.165, 1.54) is 31.8 Å². The lowest BCUT2D eigenvalue weighted by molar-refractivity contribution is -0.118. The Labute approximate surface area is 140 Å². The summed E-state index contributed by atoms with van der Waals surface area (Å²) in [5, 5.41) is 2.51. The predicted molar refractivity (Wildman–Crippen MR) is 89.1 cm³/mol. The quantitative estimate of drug-likeness (QED) is 0.876. The highest BCUT2D eigenvalue weighted by molar-refractivity contribution is 5.95. The normalized spacial score (nSPS) is 12.8. The third-order valence-corrected chi connectivity index (χ3v) is 3.41. The minimum absolute atomic E-state index is 0.00414. The van der Waals surface area contributed by atoms with Crippen LogP contribution in [0.25, 0.3) is 11.3 Å². The van der Waals surface area contributed by atoms with Gasteiger partial charge in [0.2, 0.25) is 5.91 Å². The molecule has 2 rings (SSSR count). The fraction of sp³-hybridized carbons (Fsp3) is 0.412. The largest absolute Gasteiger partial charge is 0.496 e. The minimum atomic E-state index is -0.732. The van der Waals surface area contributed by atoms with E-state index in [-0.39, 0.29) is 11.1 Å². The Morgan fingerprint density at radius 2 is 2.17 bits per heavy atom. The molecule has 1 amide bonds. The summed E-state index contributed by atoms with van der Waals surface area (Å²) < 4.78 is 24.8. The van der Waals surface area contributed by atoms with Crippen LogP contribution in [0.1, 0.15) is 27.2 Å². The van der Waals surface area contributed by atoms with E-state index < -0.39 is 17.8 Å². The van der Waals surface area contributed by atoms with Crippen molar-refractivity contribution in [3.8, 4) is 17.1 Å². The number of nitrogens with one attached hydrogen (secondary N) is 1. The molecule has 0 bridgehead atoms. The van der Waals surface area contributed by atoms with Gasteiger partial charge in [0.1, 0.15) is 11.6 Å². The highest BCUT2D eigenvalue weighted by Gasteiger charge is 2.23. The molecular formula is C17H22FN3O3. The highest BCUT2D eigenvalue weighted by atomic mass is 19.1. The van der Waals surface area contributed by atoms with Gasteiger partial charge in [-0.15, -0.1) is 0 Å². The standard InChI is InChI=1S/C17H22FN3O3/c1-17(2,3)7-12(19)16(22)21-13-6-14(23-4)10(5-11(13)18)15-8-20-9-24-15/h5-6,8-9,12H,7,19H2,1-4H3,(H,21,22)/t12-/m1/s1. The number of rotatable bonds is 5. The number of carbonyl (C=O) groups is 1. The molecule has 1 atom stereocenters. The van der Waals surface area contributed by atoms with Crippen LogP contribution in [0.4, 0.5) is 10.1 Å². The molecule has 1 aromatic heterocycles. The molecule has 0 aliphatic rings. The Hall–Kier alpha value is -2.41. The van der Waals surface area contributed by atoms with Crippen LogP contribution < -0.4 is 15.8 Å². The van der Waals surface area contributed by atoms with Crippen molar-refractivity contribution < 1.29 is 18.3 Å². The summed E-state index contributed by atoms with van der Waals surface area (Å²) in [4.78, 5) is 16.0. The van der Waals surface area contributed by atoms with Crippen molar-refractivity contribution in [3.63, 3.8) is 0 Å². The number of benzene rings is 1. The zero-order valence-electron chi connectivity index (χ0n) is 14.2. The second-order valence-corrected chi connectivity index (χ2v) is 6.76. The van der Waals surface area contributed by atoms with Crippen LogP contribution in [0.5, 0.6) is 5.75 Å². The summed E-state index contributed by atoms with van der Waals surface area (Å²) in [7, 11) is 1.45. The average Bonchev–Trinajstić information content (AvgIpc) is 3.01. The Morgan fingerprint density at radius 3 is 2.71 bits per heavy atom. The third-order valence-electron chi connectivity index (χ3n) is 3.41. The van der Waals surface area contributed by atoms with Gasteiger partial charge < -0.3 is 20.2 Å². The van der Waals surface area contributed by atoms with E-state index in [0.717, 1.165) is 0 Å². The number of hydrogen-bond acceptors (Lipinski definition) is 5. The van der Waals surface area contributed by atoms with Gasteiger partial charge >= 0.3 is 0 Å². The lowest BCUT2D eigenvalue weighted by Gasteiger charge is -2.22. The first kappa shape index (κ1) is 17.9. The first-order chi connectivity index (χ1) is 11.2. The molecule has 0 saturated carbocycles. The molecule has 1 heterocycles. The van der Waals surface area contributed by atoms with E-state index in [9.17, 15) is 9.18 Å². The number of anilines is 1. The number of nitrogens with two attached hydrogens (primary N) is 1. The number of aromatic nitrogens is 1. The van der Waals surface area contributed by atoms with E-state index in [4.69, 9.17) is 14.9 Å². The second-order valence-electron chi connectivity index (χ2n) is 6.76. The number of halogens is 1. The molecule has 0 radical (unpaired) electrons. The number of methoxy groups -OCH3 is 1. The second kappa shape index (κ2) is 7.00. The molecule has 0 unspecified atom stereocenters. The van der Waals surface area contributed by atoms with Crippen LogP contribution in [-0.2, 0) is 4.79 Å². The molecule has 0 spiro atoms. The van der Waals surface area contributed by atoms with E-state index in [1.807, 2.05) is 20.8 Å². The zero-order chi connectivity index (χ0) is 17.9. The molecule has 0 aliphatic heterocycles. The number of amides is 1. The number of hydrogen-bond donors (Lipinski definition) is 2. The van der Waals surface area contributed by atoms with Gasteiger partial charge in [0.25, 0.3) is 0 Å². The zero-order valence-corrected chi connectivity index (χ0v) is 14.2. The maximum atomic E-state index is 14.3. The van der Waals surface area contributed by atoms with Gasteiger partial charge in [0.15, 0.2) is 12.2 Å². The summed E-state index contributed by atoms with van der Waals surface area (Å²) in [5.74, 6) is -0.335. The lowest BCUT2D eigenvalue weighted by atomic mass is 9.88. The molecule has 7 heteroatoms. The number of carbonyl (C=O) groups excluding carboxylic acids is 1. The minimum Gasteiger partial charge on any atom is -0.496 e. The molecule has 1 aromatic carbocycles.